The third-order valence-corrected chi connectivity index (χ3v) is 6.32. The number of aromatic nitrogens is 1. The molecule has 3 aromatic rings. The molecule has 1 aliphatic rings. The Balaban J connectivity index is 1.56. The van der Waals surface area contributed by atoms with Gasteiger partial charge < -0.3 is 9.47 Å². The van der Waals surface area contributed by atoms with Crippen molar-refractivity contribution in [3.8, 4) is 11.5 Å². The Morgan fingerprint density at radius 3 is 2.47 bits per heavy atom. The molecule has 0 unspecified atom stereocenters. The predicted molar refractivity (Wildman–Crippen MR) is 129 cm³/mol. The van der Waals surface area contributed by atoms with Crippen LogP contribution in [0.1, 0.15) is 22.5 Å². The number of methoxy groups -OCH3 is 1. The summed E-state index contributed by atoms with van der Waals surface area (Å²) in [5.74, 6) is 0.473. The number of carbonyl (C=O) groups excluding carboxylic acids is 1. The fourth-order valence-electron chi connectivity index (χ4n) is 3.42. The van der Waals surface area contributed by atoms with Crippen molar-refractivity contribution in [3.63, 3.8) is 0 Å². The average Bonchev–Trinajstić information content (AvgIpc) is 3.24. The van der Waals surface area contributed by atoms with Crippen LogP contribution in [0, 0.1) is 19.7 Å². The first-order valence-electron chi connectivity index (χ1n) is 9.86. The Morgan fingerprint density at radius 2 is 1.78 bits per heavy atom. The lowest BCUT2D eigenvalue weighted by atomic mass is 10.1. The second kappa shape index (κ2) is 9.18. The highest BCUT2D eigenvalue weighted by Crippen LogP contribution is 2.35. The first-order valence-corrected chi connectivity index (χ1v) is 11.1. The second-order valence-corrected chi connectivity index (χ2v) is 8.89. The molecule has 8 heteroatoms. The van der Waals surface area contributed by atoms with Crippen LogP contribution < -0.4 is 14.5 Å². The molecule has 5 nitrogen and oxygen atoms in total. The number of halogens is 1. The lowest BCUT2D eigenvalue weighted by Gasteiger charge is -2.20. The van der Waals surface area contributed by atoms with E-state index < -0.39 is 0 Å². The summed E-state index contributed by atoms with van der Waals surface area (Å²) in [5.41, 5.74) is 3.08. The van der Waals surface area contributed by atoms with E-state index in [1.807, 2.05) is 36.7 Å². The molecule has 0 spiro atoms. The van der Waals surface area contributed by atoms with E-state index in [2.05, 4.69) is 0 Å². The fraction of sp³-hybridized carbons (Fsp3) is 0.167. The molecule has 0 saturated carbocycles. The molecule has 1 aliphatic heterocycles. The van der Waals surface area contributed by atoms with Gasteiger partial charge in [0.1, 0.15) is 12.4 Å². The molecule has 1 aromatic heterocycles. The molecule has 0 N–H and O–H groups in total. The van der Waals surface area contributed by atoms with Gasteiger partial charge in [-0.25, -0.2) is 4.39 Å². The molecule has 164 valence electrons. The van der Waals surface area contributed by atoms with E-state index in [0.29, 0.717) is 26.3 Å². The van der Waals surface area contributed by atoms with E-state index in [-0.39, 0.29) is 18.3 Å². The van der Waals surface area contributed by atoms with Gasteiger partial charge in [0.15, 0.2) is 15.8 Å². The summed E-state index contributed by atoms with van der Waals surface area (Å²) in [7, 11) is 1.53. The first kappa shape index (κ1) is 22.1. The summed E-state index contributed by atoms with van der Waals surface area (Å²) >= 11 is 6.72. The fourth-order valence-corrected chi connectivity index (χ4v) is 4.67. The predicted octanol–water partition coefficient (Wildman–Crippen LogP) is 5.37. The highest BCUT2D eigenvalue weighted by molar-refractivity contribution is 8.27. The number of amides is 1. The summed E-state index contributed by atoms with van der Waals surface area (Å²) in [6.07, 6.45) is 1.77. The summed E-state index contributed by atoms with van der Waals surface area (Å²) in [4.78, 5) is 13.6. The molecule has 2 aromatic carbocycles. The lowest BCUT2D eigenvalue weighted by molar-refractivity contribution is -0.114. The van der Waals surface area contributed by atoms with Gasteiger partial charge in [-0.05, 0) is 68.0 Å². The van der Waals surface area contributed by atoms with Crippen LogP contribution in [-0.4, -0.2) is 22.0 Å². The molecule has 0 bridgehead atoms. The van der Waals surface area contributed by atoms with Gasteiger partial charge in [0.25, 0.3) is 5.91 Å². The van der Waals surface area contributed by atoms with Crippen LogP contribution in [0.4, 0.5) is 4.39 Å². The van der Waals surface area contributed by atoms with Gasteiger partial charge >= 0.3 is 0 Å². The summed E-state index contributed by atoms with van der Waals surface area (Å²) < 4.78 is 27.3. The minimum Gasteiger partial charge on any atom is -0.493 e. The van der Waals surface area contributed by atoms with E-state index in [1.54, 1.807) is 36.4 Å². The number of thiocarbonyl (C=S) groups is 1. The molecule has 1 saturated heterocycles. The molecular formula is C24H21FN2O3S2. The van der Waals surface area contributed by atoms with Crippen LogP contribution in [-0.2, 0) is 11.4 Å². The topological polar surface area (TPSA) is 43.7 Å². The number of carbonyl (C=O) groups is 1. The highest BCUT2D eigenvalue weighted by Gasteiger charge is 2.34. The minimum atomic E-state index is -0.321. The van der Waals surface area contributed by atoms with Crippen molar-refractivity contribution >= 4 is 40.3 Å². The van der Waals surface area contributed by atoms with Crippen LogP contribution in [0.2, 0.25) is 0 Å². The van der Waals surface area contributed by atoms with Gasteiger partial charge in [-0.2, -0.15) is 5.01 Å². The maximum Gasteiger partial charge on any atom is 0.285 e. The van der Waals surface area contributed by atoms with E-state index in [4.69, 9.17) is 21.7 Å². The number of benzene rings is 2. The van der Waals surface area contributed by atoms with Crippen LogP contribution in [0.3, 0.4) is 0 Å². The summed E-state index contributed by atoms with van der Waals surface area (Å²) in [6, 6.07) is 15.7. The van der Waals surface area contributed by atoms with E-state index >= 15 is 0 Å². The smallest absolute Gasteiger partial charge is 0.285 e. The molecule has 0 aliphatic carbocycles. The Morgan fingerprint density at radius 1 is 1.06 bits per heavy atom. The van der Waals surface area contributed by atoms with Crippen LogP contribution in [0.15, 0.2) is 59.5 Å². The van der Waals surface area contributed by atoms with Gasteiger partial charge in [-0.1, -0.05) is 36.0 Å². The van der Waals surface area contributed by atoms with Crippen LogP contribution >= 0.6 is 24.0 Å². The number of rotatable bonds is 6. The normalized spacial score (nSPS) is 15.0. The average molecular weight is 469 g/mol. The quantitative estimate of drug-likeness (QED) is 0.360. The Labute approximate surface area is 195 Å². The van der Waals surface area contributed by atoms with Crippen molar-refractivity contribution in [1.82, 2.24) is 4.68 Å². The molecular weight excluding hydrogens is 447 g/mol. The Bertz CT molecular complexity index is 1220. The number of ether oxygens (including phenoxy) is 2. The number of hydrogen-bond acceptors (Lipinski definition) is 5. The van der Waals surface area contributed by atoms with Crippen molar-refractivity contribution in [1.29, 1.82) is 0 Å². The molecule has 0 atom stereocenters. The molecule has 0 radical (unpaired) electrons. The Kier molecular flexibility index (Phi) is 6.34. The summed E-state index contributed by atoms with van der Waals surface area (Å²) in [5, 5.41) is 1.51. The van der Waals surface area contributed by atoms with E-state index in [1.165, 1.54) is 29.9 Å². The SMILES string of the molecule is COc1cc(/C=C2/SC(=S)N(n3c(C)ccc3C)C2=O)ccc1OCc1ccccc1F. The molecule has 4 rings (SSSR count). The second-order valence-electron chi connectivity index (χ2n) is 7.21. The number of aryl methyl sites for hydroxylation is 2. The van der Waals surface area contributed by atoms with Crippen molar-refractivity contribution in [2.45, 2.75) is 20.5 Å². The molecule has 32 heavy (non-hydrogen) atoms. The zero-order valence-corrected chi connectivity index (χ0v) is 19.4. The van der Waals surface area contributed by atoms with Crippen molar-refractivity contribution in [3.05, 3.63) is 87.8 Å². The highest BCUT2D eigenvalue weighted by atomic mass is 32.2. The molecule has 1 amide bonds. The van der Waals surface area contributed by atoms with Crippen LogP contribution in [0.25, 0.3) is 6.08 Å². The third-order valence-electron chi connectivity index (χ3n) is 5.03. The van der Waals surface area contributed by atoms with Gasteiger partial charge in [-0.15, -0.1) is 0 Å². The number of nitrogens with zero attached hydrogens (tertiary/aromatic N) is 2. The molecule has 1 fully saturated rings. The number of hydrogen-bond donors (Lipinski definition) is 0. The van der Waals surface area contributed by atoms with Crippen molar-refractivity contribution < 1.29 is 18.7 Å². The minimum absolute atomic E-state index is 0.0800. The Hall–Kier alpha value is -3.10. The van der Waals surface area contributed by atoms with Gasteiger partial charge in [0.2, 0.25) is 0 Å². The number of thioether (sulfide) groups is 1. The van der Waals surface area contributed by atoms with Crippen molar-refractivity contribution in [2.24, 2.45) is 0 Å². The first-order chi connectivity index (χ1) is 15.4. The summed E-state index contributed by atoms with van der Waals surface area (Å²) in [6.45, 7) is 3.94. The standard InChI is InChI=1S/C24H21FN2O3S2/c1-15-8-9-16(2)26(15)27-23(28)22(32-24(27)31)13-17-10-11-20(21(12-17)29-3)30-14-18-6-4-5-7-19(18)25/h4-13H,14H2,1-3H3/b22-13+. The lowest BCUT2D eigenvalue weighted by Crippen LogP contribution is -2.39. The maximum absolute atomic E-state index is 13.8. The van der Waals surface area contributed by atoms with Crippen molar-refractivity contribution in [2.75, 3.05) is 12.1 Å². The zero-order valence-electron chi connectivity index (χ0n) is 17.8. The monoisotopic (exact) mass is 468 g/mol. The zero-order chi connectivity index (χ0) is 22.8. The van der Waals surface area contributed by atoms with Gasteiger partial charge in [0.05, 0.1) is 12.0 Å². The van der Waals surface area contributed by atoms with E-state index in [0.717, 1.165) is 17.0 Å². The third kappa shape index (κ3) is 4.28. The van der Waals surface area contributed by atoms with Gasteiger partial charge in [0, 0.05) is 17.0 Å². The molecule has 2 heterocycles. The van der Waals surface area contributed by atoms with E-state index in [9.17, 15) is 9.18 Å². The van der Waals surface area contributed by atoms with Crippen LogP contribution in [0.5, 0.6) is 11.5 Å². The largest absolute Gasteiger partial charge is 0.493 e. The maximum atomic E-state index is 13.8. The van der Waals surface area contributed by atoms with Gasteiger partial charge in [-0.3, -0.25) is 9.47 Å².